The summed E-state index contributed by atoms with van der Waals surface area (Å²) in [5, 5.41) is 7.69. The first-order valence-electron chi connectivity index (χ1n) is 12.3. The van der Waals surface area contributed by atoms with Crippen molar-refractivity contribution in [3.05, 3.63) is 35.9 Å². The van der Waals surface area contributed by atoms with Gasteiger partial charge in [-0.2, -0.15) is 0 Å². The average Bonchev–Trinajstić information content (AvgIpc) is 3.48. The number of nitrogens with zero attached hydrogens (tertiary/aromatic N) is 3. The van der Waals surface area contributed by atoms with Crippen LogP contribution in [0.3, 0.4) is 0 Å². The second-order valence-electron chi connectivity index (χ2n) is 9.68. The van der Waals surface area contributed by atoms with E-state index in [0.29, 0.717) is 6.04 Å². The predicted molar refractivity (Wildman–Crippen MR) is 143 cm³/mol. The topological polar surface area (TPSA) is 52.1 Å². The molecule has 0 aliphatic carbocycles. The minimum atomic E-state index is 0. The Morgan fingerprint density at radius 2 is 1.88 bits per heavy atom. The molecule has 0 saturated carbocycles. The smallest absolute Gasteiger partial charge is 0.193 e. The van der Waals surface area contributed by atoms with Gasteiger partial charge in [0.25, 0.3) is 0 Å². The van der Waals surface area contributed by atoms with Crippen molar-refractivity contribution >= 4 is 29.9 Å². The molecular weight excluding hydrogens is 513 g/mol. The monoisotopic (exact) mass is 555 g/mol. The number of aliphatic imine (C=N–C) groups is 1. The molecule has 0 radical (unpaired) electrons. The number of guanidine groups is 1. The summed E-state index contributed by atoms with van der Waals surface area (Å²) < 4.78 is 5.71. The van der Waals surface area contributed by atoms with Gasteiger partial charge in [-0.1, -0.05) is 30.3 Å². The van der Waals surface area contributed by atoms with Crippen molar-refractivity contribution in [3.63, 3.8) is 0 Å². The second-order valence-corrected chi connectivity index (χ2v) is 9.68. The summed E-state index contributed by atoms with van der Waals surface area (Å²) in [6.07, 6.45) is 6.07. The Bertz CT molecular complexity index is 704. The summed E-state index contributed by atoms with van der Waals surface area (Å²) >= 11 is 0. The third kappa shape index (κ3) is 6.81. The molecule has 4 rings (SSSR count). The van der Waals surface area contributed by atoms with Gasteiger partial charge in [0.2, 0.25) is 0 Å². The maximum Gasteiger partial charge on any atom is 0.193 e. The van der Waals surface area contributed by atoms with Gasteiger partial charge in [-0.05, 0) is 63.6 Å². The van der Waals surface area contributed by atoms with Crippen LogP contribution in [0.25, 0.3) is 0 Å². The zero-order chi connectivity index (χ0) is 21.5. The molecule has 3 fully saturated rings. The maximum atomic E-state index is 5.71. The summed E-state index contributed by atoms with van der Waals surface area (Å²) in [6.45, 7) is 10.9. The molecule has 1 aromatic rings. The number of benzene rings is 1. The molecule has 6 nitrogen and oxygen atoms in total. The van der Waals surface area contributed by atoms with Crippen LogP contribution in [-0.2, 0) is 4.74 Å². The van der Waals surface area contributed by atoms with Crippen molar-refractivity contribution in [2.75, 3.05) is 59.5 Å². The molecule has 2 unspecified atom stereocenters. The van der Waals surface area contributed by atoms with Crippen LogP contribution in [0.15, 0.2) is 35.3 Å². The Kier molecular flexibility index (Phi) is 10.1. The largest absolute Gasteiger partial charge is 0.381 e. The fourth-order valence-electron chi connectivity index (χ4n) is 5.50. The number of likely N-dealkylation sites (tertiary alicyclic amines) is 2. The number of halogens is 1. The third-order valence-electron chi connectivity index (χ3n) is 7.37. The SMILES string of the molecule is CN=C(NCC1(NC(C)c2ccccc2)CCOCC1)N1CCC(CN2CCCC2)C1.I. The molecule has 0 aromatic heterocycles. The lowest BCUT2D eigenvalue weighted by atomic mass is 9.88. The Labute approximate surface area is 211 Å². The molecular formula is C25H42IN5O. The van der Waals surface area contributed by atoms with Crippen LogP contribution in [-0.4, -0.2) is 80.8 Å². The van der Waals surface area contributed by atoms with Crippen LogP contribution in [0.1, 0.15) is 50.6 Å². The van der Waals surface area contributed by atoms with E-state index in [2.05, 4.69) is 62.7 Å². The van der Waals surface area contributed by atoms with Crippen LogP contribution in [0.2, 0.25) is 0 Å². The van der Waals surface area contributed by atoms with Crippen molar-refractivity contribution in [2.45, 2.75) is 50.6 Å². The fraction of sp³-hybridized carbons (Fsp3) is 0.720. The Morgan fingerprint density at radius 3 is 2.56 bits per heavy atom. The van der Waals surface area contributed by atoms with Gasteiger partial charge in [-0.15, -0.1) is 24.0 Å². The highest BCUT2D eigenvalue weighted by molar-refractivity contribution is 14.0. The summed E-state index contributed by atoms with van der Waals surface area (Å²) in [6, 6.07) is 11.1. The summed E-state index contributed by atoms with van der Waals surface area (Å²) in [5.74, 6) is 1.83. The highest BCUT2D eigenvalue weighted by atomic mass is 127. The molecule has 3 aliphatic heterocycles. The third-order valence-corrected chi connectivity index (χ3v) is 7.37. The summed E-state index contributed by atoms with van der Waals surface area (Å²) in [7, 11) is 1.92. The molecule has 1 aromatic carbocycles. The van der Waals surface area contributed by atoms with Gasteiger partial charge in [-0.25, -0.2) is 0 Å². The van der Waals surface area contributed by atoms with Crippen molar-refractivity contribution in [3.8, 4) is 0 Å². The van der Waals surface area contributed by atoms with Crippen molar-refractivity contribution < 1.29 is 4.74 Å². The summed E-state index contributed by atoms with van der Waals surface area (Å²) in [4.78, 5) is 9.76. The Hall–Kier alpha value is -0.900. The van der Waals surface area contributed by atoms with Gasteiger partial charge in [0.15, 0.2) is 5.96 Å². The lowest BCUT2D eigenvalue weighted by Gasteiger charge is -2.41. The lowest BCUT2D eigenvalue weighted by molar-refractivity contribution is 0.0353. The van der Waals surface area contributed by atoms with Crippen LogP contribution in [0.5, 0.6) is 0 Å². The minimum absolute atomic E-state index is 0. The minimum Gasteiger partial charge on any atom is -0.381 e. The Morgan fingerprint density at radius 1 is 1.16 bits per heavy atom. The van der Waals surface area contributed by atoms with Crippen molar-refractivity contribution in [2.24, 2.45) is 10.9 Å². The van der Waals surface area contributed by atoms with E-state index >= 15 is 0 Å². The van der Waals surface area contributed by atoms with Crippen molar-refractivity contribution in [1.82, 2.24) is 20.4 Å². The van der Waals surface area contributed by atoms with E-state index < -0.39 is 0 Å². The summed E-state index contributed by atoms with van der Waals surface area (Å²) in [5.41, 5.74) is 1.36. The highest BCUT2D eigenvalue weighted by Crippen LogP contribution is 2.26. The first kappa shape index (κ1) is 25.7. The van der Waals surface area contributed by atoms with Gasteiger partial charge in [0.1, 0.15) is 0 Å². The van der Waals surface area contributed by atoms with Crippen LogP contribution < -0.4 is 10.6 Å². The number of nitrogens with one attached hydrogen (secondary N) is 2. The standard InChI is InChI=1S/C25H41N5O.HI/c1-21(23-8-4-3-5-9-23)28-25(11-16-31-17-12-25)20-27-24(26-2)30-15-10-22(19-30)18-29-13-6-7-14-29;/h3-5,8-9,21-22,28H,6-7,10-20H2,1-2H3,(H,26,27);1H. The second kappa shape index (κ2) is 12.5. The van der Waals surface area contributed by atoms with E-state index in [1.54, 1.807) is 0 Å². The highest BCUT2D eigenvalue weighted by Gasteiger charge is 2.35. The van der Waals surface area contributed by atoms with Crippen LogP contribution >= 0.6 is 24.0 Å². The molecule has 7 heteroatoms. The van der Waals surface area contributed by atoms with Crippen LogP contribution in [0, 0.1) is 5.92 Å². The quantitative estimate of drug-likeness (QED) is 0.307. The first-order chi connectivity index (χ1) is 15.2. The van der Waals surface area contributed by atoms with Crippen molar-refractivity contribution in [1.29, 1.82) is 0 Å². The van der Waals surface area contributed by atoms with Gasteiger partial charge >= 0.3 is 0 Å². The van der Waals surface area contributed by atoms with E-state index in [-0.39, 0.29) is 29.5 Å². The molecule has 32 heavy (non-hydrogen) atoms. The Balaban J connectivity index is 0.00000289. The van der Waals surface area contributed by atoms with E-state index in [0.717, 1.165) is 57.6 Å². The number of hydrogen-bond acceptors (Lipinski definition) is 4. The van der Waals surface area contributed by atoms with Gasteiger partial charge in [-0.3, -0.25) is 4.99 Å². The number of hydrogen-bond donors (Lipinski definition) is 2. The normalized spacial score (nSPS) is 24.9. The van der Waals surface area contributed by atoms with E-state index in [1.165, 1.54) is 44.5 Å². The lowest BCUT2D eigenvalue weighted by Crippen LogP contribution is -2.58. The molecule has 3 heterocycles. The molecule has 2 atom stereocenters. The molecule has 0 amide bonds. The van der Waals surface area contributed by atoms with E-state index in [9.17, 15) is 0 Å². The maximum absolute atomic E-state index is 5.71. The molecule has 180 valence electrons. The zero-order valence-corrected chi connectivity index (χ0v) is 22.2. The van der Waals surface area contributed by atoms with Crippen LogP contribution in [0.4, 0.5) is 0 Å². The first-order valence-corrected chi connectivity index (χ1v) is 12.3. The van der Waals surface area contributed by atoms with Gasteiger partial charge < -0.3 is 25.2 Å². The van der Waals surface area contributed by atoms with Gasteiger partial charge in [0.05, 0.1) is 0 Å². The number of rotatable bonds is 7. The zero-order valence-electron chi connectivity index (χ0n) is 19.9. The molecule has 0 bridgehead atoms. The van der Waals surface area contributed by atoms with Gasteiger partial charge in [0, 0.05) is 58.0 Å². The molecule has 0 spiro atoms. The molecule has 3 aliphatic rings. The fourth-order valence-corrected chi connectivity index (χ4v) is 5.50. The predicted octanol–water partition coefficient (Wildman–Crippen LogP) is 3.50. The molecule has 3 saturated heterocycles. The van der Waals surface area contributed by atoms with E-state index in [1.807, 2.05) is 7.05 Å². The number of ether oxygens (including phenoxy) is 1. The van der Waals surface area contributed by atoms with E-state index in [4.69, 9.17) is 4.74 Å². The average molecular weight is 556 g/mol. The molecule has 2 N–H and O–H groups in total.